The number of benzene rings is 2. The van der Waals surface area contributed by atoms with Crippen LogP contribution in [0.15, 0.2) is 47.8 Å². The molecule has 3 aromatic rings. The molecule has 1 fully saturated rings. The van der Waals surface area contributed by atoms with Gasteiger partial charge in [0, 0.05) is 55.0 Å². The maximum Gasteiger partial charge on any atom is 0.163 e. The maximum absolute atomic E-state index is 8.78. The van der Waals surface area contributed by atoms with Crippen LogP contribution in [-0.2, 0) is 6.42 Å². The van der Waals surface area contributed by atoms with Crippen LogP contribution in [0.1, 0.15) is 24.0 Å². The second-order valence-corrected chi connectivity index (χ2v) is 8.48. The Balaban J connectivity index is 1.08. The smallest absolute Gasteiger partial charge is 0.163 e. The number of piperazine rings is 1. The Bertz CT molecular complexity index is 1090. The minimum absolute atomic E-state index is 0.626. The van der Waals surface area contributed by atoms with Gasteiger partial charge in [0.1, 0.15) is 13.2 Å². The van der Waals surface area contributed by atoms with Crippen LogP contribution in [0.5, 0.6) is 11.5 Å². The standard InChI is InChI=1S/C25H30N4O3/c30-27-17-19-4-6-23-22(15-19)20(18-26-23)3-1-2-8-28-9-11-29(12-10-28)21-5-7-24-25(16-21)32-14-13-31-24/h4-7,15-18,26,30H,1-3,8-14H2/b27-17+. The second kappa shape index (κ2) is 9.53. The summed E-state index contributed by atoms with van der Waals surface area (Å²) < 4.78 is 11.4. The topological polar surface area (TPSA) is 73.3 Å². The Morgan fingerprint density at radius 3 is 2.66 bits per heavy atom. The monoisotopic (exact) mass is 434 g/mol. The number of nitrogens with zero attached hydrogens (tertiary/aromatic N) is 3. The first-order valence-electron chi connectivity index (χ1n) is 11.4. The number of rotatable bonds is 7. The van der Waals surface area contributed by atoms with Gasteiger partial charge in [-0.15, -0.1) is 0 Å². The molecule has 168 valence electrons. The lowest BCUT2D eigenvalue weighted by Gasteiger charge is -2.36. The van der Waals surface area contributed by atoms with E-state index in [1.807, 2.05) is 18.2 Å². The average molecular weight is 435 g/mol. The Hall–Kier alpha value is -3.19. The summed E-state index contributed by atoms with van der Waals surface area (Å²) in [6.07, 6.45) is 6.98. The van der Waals surface area contributed by atoms with Crippen molar-refractivity contribution in [1.82, 2.24) is 9.88 Å². The molecule has 0 radical (unpaired) electrons. The molecule has 2 aliphatic heterocycles. The Morgan fingerprint density at radius 1 is 0.969 bits per heavy atom. The summed E-state index contributed by atoms with van der Waals surface area (Å²) >= 11 is 0. The Morgan fingerprint density at radius 2 is 1.81 bits per heavy atom. The van der Waals surface area contributed by atoms with Crippen molar-refractivity contribution in [2.24, 2.45) is 5.16 Å². The number of H-pyrrole nitrogens is 1. The van der Waals surface area contributed by atoms with E-state index in [0.29, 0.717) is 13.2 Å². The van der Waals surface area contributed by atoms with E-state index in [-0.39, 0.29) is 0 Å². The zero-order chi connectivity index (χ0) is 21.8. The van der Waals surface area contributed by atoms with Gasteiger partial charge in [0.2, 0.25) is 0 Å². The second-order valence-electron chi connectivity index (χ2n) is 8.48. The fourth-order valence-corrected chi connectivity index (χ4v) is 4.66. The number of aromatic nitrogens is 1. The van der Waals surface area contributed by atoms with Gasteiger partial charge >= 0.3 is 0 Å². The van der Waals surface area contributed by atoms with Crippen LogP contribution in [0.3, 0.4) is 0 Å². The number of aromatic amines is 1. The van der Waals surface area contributed by atoms with Gasteiger partial charge in [-0.05, 0) is 61.2 Å². The van der Waals surface area contributed by atoms with E-state index in [1.165, 1.54) is 29.3 Å². The number of anilines is 1. The summed E-state index contributed by atoms with van der Waals surface area (Å²) in [7, 11) is 0. The van der Waals surface area contributed by atoms with Crippen LogP contribution in [0.25, 0.3) is 10.9 Å². The third-order valence-corrected chi connectivity index (χ3v) is 6.43. The molecule has 5 rings (SSSR count). The van der Waals surface area contributed by atoms with Gasteiger partial charge < -0.3 is 24.6 Å². The fraction of sp³-hybridized carbons (Fsp3) is 0.400. The summed E-state index contributed by atoms with van der Waals surface area (Å²) in [6, 6.07) is 12.4. The lowest BCUT2D eigenvalue weighted by atomic mass is 10.0. The van der Waals surface area contributed by atoms with Gasteiger partial charge in [-0.25, -0.2) is 0 Å². The zero-order valence-corrected chi connectivity index (χ0v) is 18.3. The normalized spacial score (nSPS) is 16.8. The molecule has 0 spiro atoms. The van der Waals surface area contributed by atoms with E-state index in [1.54, 1.807) is 0 Å². The number of oxime groups is 1. The van der Waals surface area contributed by atoms with Crippen LogP contribution in [0, 0.1) is 0 Å². The molecule has 0 bridgehead atoms. The molecule has 3 heterocycles. The van der Waals surface area contributed by atoms with Crippen LogP contribution in [0.2, 0.25) is 0 Å². The first kappa shape index (κ1) is 20.7. The molecule has 0 aliphatic carbocycles. The molecule has 0 amide bonds. The molecule has 7 heteroatoms. The highest BCUT2D eigenvalue weighted by Gasteiger charge is 2.19. The molecule has 2 aromatic carbocycles. The van der Waals surface area contributed by atoms with Crippen molar-refractivity contribution in [3.8, 4) is 11.5 Å². The van der Waals surface area contributed by atoms with E-state index in [2.05, 4.69) is 44.3 Å². The van der Waals surface area contributed by atoms with Crippen LogP contribution < -0.4 is 14.4 Å². The van der Waals surface area contributed by atoms with Gasteiger partial charge in [0.05, 0.1) is 6.21 Å². The van der Waals surface area contributed by atoms with Crippen molar-refractivity contribution >= 4 is 22.8 Å². The molecule has 0 saturated carbocycles. The molecule has 32 heavy (non-hydrogen) atoms. The van der Waals surface area contributed by atoms with E-state index in [9.17, 15) is 0 Å². The average Bonchev–Trinajstić information content (AvgIpc) is 3.24. The molecule has 0 atom stereocenters. The summed E-state index contributed by atoms with van der Waals surface area (Å²) in [4.78, 5) is 8.35. The fourth-order valence-electron chi connectivity index (χ4n) is 4.66. The van der Waals surface area contributed by atoms with Crippen LogP contribution in [-0.4, -0.2) is 67.2 Å². The minimum Gasteiger partial charge on any atom is -0.486 e. The van der Waals surface area contributed by atoms with E-state index < -0.39 is 0 Å². The van der Waals surface area contributed by atoms with Gasteiger partial charge in [-0.2, -0.15) is 0 Å². The number of hydrogen-bond acceptors (Lipinski definition) is 6. The lowest BCUT2D eigenvalue weighted by molar-refractivity contribution is 0.171. The predicted octanol–water partition coefficient (Wildman–Crippen LogP) is 3.89. The van der Waals surface area contributed by atoms with Crippen LogP contribution in [0.4, 0.5) is 5.69 Å². The third kappa shape index (κ3) is 4.53. The SMILES string of the molecule is O/N=C/c1ccc2[nH]cc(CCCCN3CCN(c4ccc5c(c4)OCCO5)CC3)c2c1. The summed E-state index contributed by atoms with van der Waals surface area (Å²) in [5.41, 5.74) is 4.59. The largest absolute Gasteiger partial charge is 0.486 e. The number of unbranched alkanes of at least 4 members (excludes halogenated alkanes) is 1. The van der Waals surface area contributed by atoms with E-state index in [4.69, 9.17) is 14.7 Å². The van der Waals surface area contributed by atoms with Crippen molar-refractivity contribution in [2.45, 2.75) is 19.3 Å². The first-order valence-corrected chi connectivity index (χ1v) is 11.4. The summed E-state index contributed by atoms with van der Waals surface area (Å²) in [5.74, 6) is 1.72. The zero-order valence-electron chi connectivity index (χ0n) is 18.3. The third-order valence-electron chi connectivity index (χ3n) is 6.43. The number of ether oxygens (including phenoxy) is 2. The minimum atomic E-state index is 0.626. The highest BCUT2D eigenvalue weighted by molar-refractivity contribution is 5.90. The van der Waals surface area contributed by atoms with Gasteiger partial charge in [-0.3, -0.25) is 4.90 Å². The van der Waals surface area contributed by atoms with Crippen molar-refractivity contribution in [2.75, 3.05) is 50.8 Å². The molecule has 0 unspecified atom stereocenters. The predicted molar refractivity (Wildman–Crippen MR) is 127 cm³/mol. The highest BCUT2D eigenvalue weighted by Crippen LogP contribution is 2.34. The molecule has 7 nitrogen and oxygen atoms in total. The van der Waals surface area contributed by atoms with Crippen molar-refractivity contribution in [1.29, 1.82) is 0 Å². The number of hydrogen-bond donors (Lipinski definition) is 2. The Labute approximate surface area is 188 Å². The number of nitrogens with one attached hydrogen (secondary N) is 1. The highest BCUT2D eigenvalue weighted by atomic mass is 16.6. The maximum atomic E-state index is 8.78. The number of aryl methyl sites for hydroxylation is 1. The van der Waals surface area contributed by atoms with Crippen LogP contribution >= 0.6 is 0 Å². The lowest BCUT2D eigenvalue weighted by Crippen LogP contribution is -2.46. The molecule has 2 N–H and O–H groups in total. The molecule has 1 aromatic heterocycles. The van der Waals surface area contributed by atoms with Crippen molar-refractivity contribution < 1.29 is 14.7 Å². The van der Waals surface area contributed by atoms with Crippen molar-refractivity contribution in [3.05, 3.63) is 53.7 Å². The molecule has 2 aliphatic rings. The Kier molecular flexibility index (Phi) is 6.16. The quantitative estimate of drug-likeness (QED) is 0.255. The van der Waals surface area contributed by atoms with Gasteiger partial charge in [-0.1, -0.05) is 11.2 Å². The number of fused-ring (bicyclic) bond motifs is 2. The van der Waals surface area contributed by atoms with E-state index in [0.717, 1.165) is 68.1 Å². The van der Waals surface area contributed by atoms with Crippen molar-refractivity contribution in [3.63, 3.8) is 0 Å². The summed E-state index contributed by atoms with van der Waals surface area (Å²) in [6.45, 7) is 6.65. The molecule has 1 saturated heterocycles. The van der Waals surface area contributed by atoms with Gasteiger partial charge in [0.15, 0.2) is 11.5 Å². The molecular formula is C25H30N4O3. The summed E-state index contributed by atoms with van der Waals surface area (Å²) in [5, 5.41) is 13.1. The van der Waals surface area contributed by atoms with Gasteiger partial charge in [0.25, 0.3) is 0 Å². The molecular weight excluding hydrogens is 404 g/mol. The first-order chi connectivity index (χ1) is 15.8. The van der Waals surface area contributed by atoms with E-state index >= 15 is 0 Å².